The predicted octanol–water partition coefficient (Wildman–Crippen LogP) is 5.67. The highest BCUT2D eigenvalue weighted by Gasteiger charge is 2.35. The molecular formula is C27H34ClN5O. The Morgan fingerprint density at radius 2 is 1.65 bits per heavy atom. The SMILES string of the molecule is Cc1cc(N2CCC(C(=O)N3C(C)CCCC3C)CC2)n2nc(C)c(-c3ccc(Cl)cc3)c2n1. The Balaban J connectivity index is 1.40. The van der Waals surface area contributed by atoms with Gasteiger partial charge in [0.2, 0.25) is 5.91 Å². The van der Waals surface area contributed by atoms with Crippen LogP contribution in [0.3, 0.4) is 0 Å². The zero-order valence-electron chi connectivity index (χ0n) is 20.6. The van der Waals surface area contributed by atoms with Gasteiger partial charge in [-0.15, -0.1) is 0 Å². The van der Waals surface area contributed by atoms with Crippen LogP contribution in [0.1, 0.15) is 57.3 Å². The van der Waals surface area contributed by atoms with Gasteiger partial charge in [0.15, 0.2) is 5.65 Å². The van der Waals surface area contributed by atoms with Gasteiger partial charge >= 0.3 is 0 Å². The van der Waals surface area contributed by atoms with Crippen LogP contribution in [-0.2, 0) is 4.79 Å². The summed E-state index contributed by atoms with van der Waals surface area (Å²) >= 11 is 6.11. The van der Waals surface area contributed by atoms with Crippen molar-refractivity contribution < 1.29 is 4.79 Å². The minimum Gasteiger partial charge on any atom is -0.356 e. The van der Waals surface area contributed by atoms with E-state index in [1.165, 1.54) is 6.42 Å². The number of likely N-dealkylation sites (tertiary alicyclic amines) is 1. The van der Waals surface area contributed by atoms with E-state index in [4.69, 9.17) is 21.7 Å². The van der Waals surface area contributed by atoms with E-state index in [1.807, 2.05) is 42.6 Å². The number of amides is 1. The Labute approximate surface area is 206 Å². The number of anilines is 1. The number of fused-ring (bicyclic) bond motifs is 1. The van der Waals surface area contributed by atoms with Gasteiger partial charge in [-0.2, -0.15) is 9.61 Å². The van der Waals surface area contributed by atoms with Crippen molar-refractivity contribution in [2.24, 2.45) is 5.92 Å². The molecule has 1 aromatic carbocycles. The minimum atomic E-state index is 0.113. The molecule has 3 aromatic rings. The number of benzene rings is 1. The van der Waals surface area contributed by atoms with Gasteiger partial charge in [0.25, 0.3) is 0 Å². The lowest BCUT2D eigenvalue weighted by molar-refractivity contribution is -0.142. The molecule has 2 saturated heterocycles. The Bertz CT molecular complexity index is 1190. The van der Waals surface area contributed by atoms with Gasteiger partial charge in [-0.25, -0.2) is 4.98 Å². The van der Waals surface area contributed by atoms with Gasteiger partial charge in [0.05, 0.1) is 5.69 Å². The second-order valence-corrected chi connectivity index (χ2v) is 10.5. The van der Waals surface area contributed by atoms with E-state index in [-0.39, 0.29) is 5.92 Å². The lowest BCUT2D eigenvalue weighted by Crippen LogP contribution is -2.51. The van der Waals surface area contributed by atoms with Crippen LogP contribution in [-0.4, -0.2) is 50.6 Å². The van der Waals surface area contributed by atoms with Crippen molar-refractivity contribution in [3.05, 3.63) is 46.7 Å². The quantitative estimate of drug-likeness (QED) is 0.485. The zero-order valence-corrected chi connectivity index (χ0v) is 21.3. The second-order valence-electron chi connectivity index (χ2n) is 10.1. The van der Waals surface area contributed by atoms with Crippen LogP contribution in [0.4, 0.5) is 5.82 Å². The number of carbonyl (C=O) groups excluding carboxylic acids is 1. The Hall–Kier alpha value is -2.60. The molecule has 2 unspecified atom stereocenters. The summed E-state index contributed by atoms with van der Waals surface area (Å²) < 4.78 is 1.98. The fourth-order valence-electron chi connectivity index (χ4n) is 5.83. The van der Waals surface area contributed by atoms with Crippen LogP contribution in [0.2, 0.25) is 5.02 Å². The summed E-state index contributed by atoms with van der Waals surface area (Å²) in [5.41, 5.74) is 4.88. The minimum absolute atomic E-state index is 0.113. The highest BCUT2D eigenvalue weighted by Crippen LogP contribution is 2.33. The number of aryl methyl sites for hydroxylation is 2. The van der Waals surface area contributed by atoms with Crippen molar-refractivity contribution in [1.29, 1.82) is 0 Å². The molecule has 2 fully saturated rings. The Kier molecular flexibility index (Phi) is 6.28. The summed E-state index contributed by atoms with van der Waals surface area (Å²) in [5, 5.41) is 5.60. The average molecular weight is 480 g/mol. The number of nitrogens with zero attached hydrogens (tertiary/aromatic N) is 5. The Morgan fingerprint density at radius 1 is 1.00 bits per heavy atom. The molecule has 0 saturated carbocycles. The summed E-state index contributed by atoms with van der Waals surface area (Å²) in [6.45, 7) is 10.2. The van der Waals surface area contributed by atoms with Gasteiger partial charge in [-0.05, 0) is 77.5 Å². The molecule has 2 aliphatic heterocycles. The van der Waals surface area contributed by atoms with E-state index in [0.717, 1.165) is 72.8 Å². The van der Waals surface area contributed by atoms with E-state index >= 15 is 0 Å². The second kappa shape index (κ2) is 9.21. The highest BCUT2D eigenvalue weighted by atomic mass is 35.5. The van der Waals surface area contributed by atoms with Crippen molar-refractivity contribution in [3.63, 3.8) is 0 Å². The lowest BCUT2D eigenvalue weighted by Gasteiger charge is -2.42. The molecule has 34 heavy (non-hydrogen) atoms. The van der Waals surface area contributed by atoms with E-state index in [0.29, 0.717) is 23.0 Å². The maximum Gasteiger partial charge on any atom is 0.226 e. The fourth-order valence-corrected chi connectivity index (χ4v) is 5.95. The molecule has 4 heterocycles. The first-order valence-corrected chi connectivity index (χ1v) is 12.9. The van der Waals surface area contributed by atoms with Crippen molar-refractivity contribution in [1.82, 2.24) is 19.5 Å². The van der Waals surface area contributed by atoms with Gasteiger partial charge in [0.1, 0.15) is 5.82 Å². The maximum atomic E-state index is 13.4. The standard InChI is InChI=1S/C27H34ClN5O/c1-17-16-24(33-26(29-17)25(20(4)30-33)21-8-10-23(28)11-9-21)31-14-12-22(13-15-31)27(34)32-18(2)6-5-7-19(32)3/h8-11,16,18-19,22H,5-7,12-15H2,1-4H3. The summed E-state index contributed by atoms with van der Waals surface area (Å²) in [4.78, 5) is 22.8. The summed E-state index contributed by atoms with van der Waals surface area (Å²) in [6.07, 6.45) is 5.22. The molecule has 2 atom stereocenters. The molecule has 0 aliphatic carbocycles. The number of piperidine rings is 2. The van der Waals surface area contributed by atoms with E-state index in [9.17, 15) is 4.79 Å². The summed E-state index contributed by atoms with van der Waals surface area (Å²) in [7, 11) is 0. The third-order valence-corrected chi connectivity index (χ3v) is 7.87. The van der Waals surface area contributed by atoms with E-state index in [1.54, 1.807) is 0 Å². The number of hydrogen-bond acceptors (Lipinski definition) is 4. The van der Waals surface area contributed by atoms with Gasteiger partial charge < -0.3 is 9.80 Å². The van der Waals surface area contributed by atoms with Gasteiger partial charge in [0, 0.05) is 53.4 Å². The molecule has 6 nitrogen and oxygen atoms in total. The predicted molar refractivity (Wildman–Crippen MR) is 137 cm³/mol. The van der Waals surface area contributed by atoms with Crippen LogP contribution in [0.5, 0.6) is 0 Å². The zero-order chi connectivity index (χ0) is 24.0. The molecule has 180 valence electrons. The monoisotopic (exact) mass is 479 g/mol. The number of carbonyl (C=O) groups is 1. The van der Waals surface area contributed by atoms with E-state index < -0.39 is 0 Å². The first-order valence-electron chi connectivity index (χ1n) is 12.5. The number of hydrogen-bond donors (Lipinski definition) is 0. The Morgan fingerprint density at radius 3 is 2.29 bits per heavy atom. The smallest absolute Gasteiger partial charge is 0.226 e. The maximum absolute atomic E-state index is 13.4. The highest BCUT2D eigenvalue weighted by molar-refractivity contribution is 6.30. The molecule has 2 aromatic heterocycles. The van der Waals surface area contributed by atoms with Crippen molar-refractivity contribution in [2.75, 3.05) is 18.0 Å². The van der Waals surface area contributed by atoms with E-state index in [2.05, 4.69) is 29.7 Å². The fraction of sp³-hybridized carbons (Fsp3) is 0.519. The molecule has 2 aliphatic rings. The lowest BCUT2D eigenvalue weighted by atomic mass is 9.90. The number of halogens is 1. The third-order valence-electron chi connectivity index (χ3n) is 7.62. The molecule has 0 bridgehead atoms. The molecule has 5 rings (SSSR count). The molecule has 7 heteroatoms. The molecular weight excluding hydrogens is 446 g/mol. The first kappa shape index (κ1) is 23.2. The van der Waals surface area contributed by atoms with Gasteiger partial charge in [-0.3, -0.25) is 4.79 Å². The topological polar surface area (TPSA) is 53.7 Å². The third kappa shape index (κ3) is 4.17. The van der Waals surface area contributed by atoms with Crippen LogP contribution in [0.25, 0.3) is 16.8 Å². The molecule has 0 spiro atoms. The van der Waals surface area contributed by atoms with Crippen LogP contribution in [0.15, 0.2) is 30.3 Å². The summed E-state index contributed by atoms with van der Waals surface area (Å²) in [6, 6.07) is 10.7. The van der Waals surface area contributed by atoms with Crippen LogP contribution >= 0.6 is 11.6 Å². The van der Waals surface area contributed by atoms with Crippen LogP contribution < -0.4 is 4.90 Å². The molecule has 1 amide bonds. The summed E-state index contributed by atoms with van der Waals surface area (Å²) in [5.74, 6) is 1.52. The molecule has 0 N–H and O–H groups in total. The largest absolute Gasteiger partial charge is 0.356 e. The normalized spacial score (nSPS) is 21.9. The molecule has 0 radical (unpaired) electrons. The van der Waals surface area contributed by atoms with Crippen molar-refractivity contribution in [3.8, 4) is 11.1 Å². The number of rotatable bonds is 3. The first-order chi connectivity index (χ1) is 16.3. The number of aromatic nitrogens is 3. The van der Waals surface area contributed by atoms with Crippen molar-refractivity contribution in [2.45, 2.75) is 71.9 Å². The van der Waals surface area contributed by atoms with Crippen molar-refractivity contribution >= 4 is 29.0 Å². The van der Waals surface area contributed by atoms with Gasteiger partial charge in [-0.1, -0.05) is 23.7 Å². The average Bonchev–Trinajstić information content (AvgIpc) is 3.14. The van der Waals surface area contributed by atoms with Crippen LogP contribution in [0, 0.1) is 19.8 Å².